The Kier molecular flexibility index (Phi) is 4.43. The van der Waals surface area contributed by atoms with Crippen LogP contribution in [-0.4, -0.2) is 57.7 Å². The van der Waals surface area contributed by atoms with Crippen LogP contribution in [0.25, 0.3) is 0 Å². The third kappa shape index (κ3) is 3.37. The van der Waals surface area contributed by atoms with E-state index < -0.39 is 0 Å². The summed E-state index contributed by atoms with van der Waals surface area (Å²) in [7, 11) is 0. The van der Waals surface area contributed by atoms with Crippen LogP contribution in [0.3, 0.4) is 0 Å². The number of aromatic nitrogens is 1. The minimum Gasteiger partial charge on any atom is -0.341 e. The lowest BCUT2D eigenvalue weighted by Gasteiger charge is -2.28. The van der Waals surface area contributed by atoms with E-state index in [1.165, 1.54) is 0 Å². The number of carbonyl (C=O) groups is 2. The van der Waals surface area contributed by atoms with Crippen LogP contribution in [-0.2, 0) is 16.1 Å². The summed E-state index contributed by atoms with van der Waals surface area (Å²) in [5.74, 6) is 2.04. The number of rotatable bonds is 3. The van der Waals surface area contributed by atoms with Crippen molar-refractivity contribution in [1.82, 2.24) is 14.8 Å². The van der Waals surface area contributed by atoms with Crippen molar-refractivity contribution >= 4 is 23.6 Å². The van der Waals surface area contributed by atoms with Crippen molar-refractivity contribution in [3.05, 3.63) is 30.1 Å². The summed E-state index contributed by atoms with van der Waals surface area (Å²) in [6.45, 7) is 2.65. The zero-order valence-corrected chi connectivity index (χ0v) is 12.7. The molecule has 1 aromatic rings. The fraction of sp³-hybridized carbons (Fsp3) is 0.533. The molecule has 21 heavy (non-hydrogen) atoms. The lowest BCUT2D eigenvalue weighted by molar-refractivity contribution is -0.135. The van der Waals surface area contributed by atoms with Gasteiger partial charge in [-0.2, -0.15) is 11.8 Å². The first-order valence-corrected chi connectivity index (χ1v) is 8.44. The monoisotopic (exact) mass is 305 g/mol. The Morgan fingerprint density at radius 3 is 2.86 bits per heavy atom. The van der Waals surface area contributed by atoms with E-state index in [0.29, 0.717) is 19.5 Å². The first-order valence-electron chi connectivity index (χ1n) is 7.28. The van der Waals surface area contributed by atoms with Gasteiger partial charge in [0, 0.05) is 43.8 Å². The highest BCUT2D eigenvalue weighted by molar-refractivity contribution is 7.99. The normalized spacial score (nSPS) is 22.7. The summed E-state index contributed by atoms with van der Waals surface area (Å²) in [6.07, 6.45) is 2.07. The van der Waals surface area contributed by atoms with E-state index in [9.17, 15) is 9.59 Å². The third-order valence-corrected chi connectivity index (χ3v) is 4.91. The average Bonchev–Trinajstić information content (AvgIpc) is 2.89. The molecule has 2 fully saturated rings. The number of carbonyl (C=O) groups excluding carboxylic acids is 2. The van der Waals surface area contributed by atoms with E-state index in [-0.39, 0.29) is 17.7 Å². The Balaban J connectivity index is 1.60. The maximum Gasteiger partial charge on any atom is 0.228 e. The van der Waals surface area contributed by atoms with Gasteiger partial charge in [0.05, 0.1) is 18.2 Å². The Hall–Kier alpha value is -1.56. The number of amides is 2. The zero-order valence-electron chi connectivity index (χ0n) is 11.9. The fourth-order valence-corrected chi connectivity index (χ4v) is 3.72. The van der Waals surface area contributed by atoms with Gasteiger partial charge in [-0.05, 0) is 12.1 Å². The van der Waals surface area contributed by atoms with Gasteiger partial charge in [-0.15, -0.1) is 0 Å². The van der Waals surface area contributed by atoms with Crippen molar-refractivity contribution in [1.29, 1.82) is 0 Å². The quantitative estimate of drug-likeness (QED) is 0.836. The number of likely N-dealkylation sites (tertiary alicyclic amines) is 1. The smallest absolute Gasteiger partial charge is 0.228 e. The topological polar surface area (TPSA) is 53.5 Å². The van der Waals surface area contributed by atoms with Gasteiger partial charge in [-0.25, -0.2) is 0 Å². The van der Waals surface area contributed by atoms with Crippen LogP contribution in [0.15, 0.2) is 24.4 Å². The molecule has 0 N–H and O–H groups in total. The molecule has 2 saturated heterocycles. The maximum absolute atomic E-state index is 12.5. The molecule has 0 spiro atoms. The Morgan fingerprint density at radius 1 is 1.33 bits per heavy atom. The summed E-state index contributed by atoms with van der Waals surface area (Å²) in [4.78, 5) is 32.5. The van der Waals surface area contributed by atoms with Crippen molar-refractivity contribution in [2.24, 2.45) is 5.92 Å². The van der Waals surface area contributed by atoms with E-state index >= 15 is 0 Å². The standard InChI is InChI=1S/C15H19N3O2S/c19-14-9-12(15(20)17-5-7-21-8-6-17)10-18(14)11-13-3-1-2-4-16-13/h1-4,12H,5-11H2/t12-/m1/s1. The second kappa shape index (κ2) is 6.47. The van der Waals surface area contributed by atoms with Crippen molar-refractivity contribution in [3.63, 3.8) is 0 Å². The van der Waals surface area contributed by atoms with E-state index in [2.05, 4.69) is 4.98 Å². The van der Waals surface area contributed by atoms with E-state index in [4.69, 9.17) is 0 Å². The lowest BCUT2D eigenvalue weighted by atomic mass is 10.1. The lowest BCUT2D eigenvalue weighted by Crippen LogP contribution is -2.42. The van der Waals surface area contributed by atoms with Crippen LogP contribution in [0.1, 0.15) is 12.1 Å². The highest BCUT2D eigenvalue weighted by Gasteiger charge is 2.36. The summed E-state index contributed by atoms with van der Waals surface area (Å²) >= 11 is 1.88. The number of pyridine rings is 1. The van der Waals surface area contributed by atoms with Gasteiger partial charge >= 0.3 is 0 Å². The summed E-state index contributed by atoms with van der Waals surface area (Å²) < 4.78 is 0. The number of hydrogen-bond acceptors (Lipinski definition) is 4. The van der Waals surface area contributed by atoms with Crippen LogP contribution < -0.4 is 0 Å². The molecule has 2 amide bonds. The van der Waals surface area contributed by atoms with E-state index in [0.717, 1.165) is 30.3 Å². The summed E-state index contributed by atoms with van der Waals surface area (Å²) in [5.41, 5.74) is 0.869. The van der Waals surface area contributed by atoms with E-state index in [1.807, 2.05) is 34.9 Å². The van der Waals surface area contributed by atoms with Crippen LogP contribution >= 0.6 is 11.8 Å². The molecule has 112 valence electrons. The molecule has 6 heteroatoms. The zero-order chi connectivity index (χ0) is 14.7. The summed E-state index contributed by atoms with van der Waals surface area (Å²) in [6, 6.07) is 5.68. The minimum absolute atomic E-state index is 0.0605. The second-order valence-corrected chi connectivity index (χ2v) is 6.66. The SMILES string of the molecule is O=C1C[C@@H](C(=O)N2CCSCC2)CN1Cc1ccccn1. The molecular weight excluding hydrogens is 286 g/mol. The van der Waals surface area contributed by atoms with Crippen molar-refractivity contribution in [2.45, 2.75) is 13.0 Å². The minimum atomic E-state index is -0.177. The average molecular weight is 305 g/mol. The largest absolute Gasteiger partial charge is 0.341 e. The number of nitrogens with zero attached hydrogens (tertiary/aromatic N) is 3. The first-order chi connectivity index (χ1) is 10.2. The Bertz CT molecular complexity index is 517. The van der Waals surface area contributed by atoms with Gasteiger partial charge in [-0.3, -0.25) is 14.6 Å². The molecule has 1 atom stereocenters. The molecule has 0 aromatic carbocycles. The van der Waals surface area contributed by atoms with Crippen molar-refractivity contribution in [3.8, 4) is 0 Å². The van der Waals surface area contributed by atoms with Crippen LogP contribution in [0.5, 0.6) is 0 Å². The Morgan fingerprint density at radius 2 is 2.14 bits per heavy atom. The van der Waals surface area contributed by atoms with Gasteiger partial charge in [-0.1, -0.05) is 6.07 Å². The third-order valence-electron chi connectivity index (χ3n) is 3.97. The van der Waals surface area contributed by atoms with Gasteiger partial charge in [0.15, 0.2) is 0 Å². The van der Waals surface area contributed by atoms with Crippen LogP contribution in [0.4, 0.5) is 0 Å². The molecule has 2 aliphatic rings. The van der Waals surface area contributed by atoms with Crippen molar-refractivity contribution < 1.29 is 9.59 Å². The van der Waals surface area contributed by atoms with Gasteiger partial charge < -0.3 is 9.80 Å². The molecule has 2 aliphatic heterocycles. The van der Waals surface area contributed by atoms with Crippen molar-refractivity contribution in [2.75, 3.05) is 31.1 Å². The molecule has 0 bridgehead atoms. The molecule has 0 aliphatic carbocycles. The molecule has 3 rings (SSSR count). The van der Waals surface area contributed by atoms with Gasteiger partial charge in [0.25, 0.3) is 0 Å². The number of hydrogen-bond donors (Lipinski definition) is 0. The summed E-state index contributed by atoms with van der Waals surface area (Å²) in [5, 5.41) is 0. The van der Waals surface area contributed by atoms with Crippen LogP contribution in [0, 0.1) is 5.92 Å². The predicted molar refractivity (Wildman–Crippen MR) is 81.7 cm³/mol. The first kappa shape index (κ1) is 14.4. The molecular formula is C15H19N3O2S. The molecule has 5 nitrogen and oxygen atoms in total. The molecule has 0 radical (unpaired) electrons. The molecule has 0 saturated carbocycles. The second-order valence-electron chi connectivity index (χ2n) is 5.43. The number of thioether (sulfide) groups is 1. The van der Waals surface area contributed by atoms with Gasteiger partial charge in [0.1, 0.15) is 0 Å². The van der Waals surface area contributed by atoms with Gasteiger partial charge in [0.2, 0.25) is 11.8 Å². The Labute approximate surface area is 128 Å². The maximum atomic E-state index is 12.5. The molecule has 1 aromatic heterocycles. The van der Waals surface area contributed by atoms with Crippen LogP contribution in [0.2, 0.25) is 0 Å². The predicted octanol–water partition coefficient (Wildman–Crippen LogP) is 1.01. The molecule has 0 unspecified atom stereocenters. The fourth-order valence-electron chi connectivity index (χ4n) is 2.82. The highest BCUT2D eigenvalue weighted by Crippen LogP contribution is 2.23. The van der Waals surface area contributed by atoms with E-state index in [1.54, 1.807) is 11.1 Å². The molecule has 3 heterocycles. The highest BCUT2D eigenvalue weighted by atomic mass is 32.2.